The molecule has 1 heteroatoms. The summed E-state index contributed by atoms with van der Waals surface area (Å²) in [5, 5.41) is 0. The fourth-order valence-electron chi connectivity index (χ4n) is 1.74. The lowest BCUT2D eigenvalue weighted by Crippen LogP contribution is -1.85. The normalized spacial score (nSPS) is 9.94. The summed E-state index contributed by atoms with van der Waals surface area (Å²) in [6.45, 7) is 3.75. The first-order valence-electron chi connectivity index (χ1n) is 5.59. The van der Waals surface area contributed by atoms with E-state index in [1.165, 1.54) is 5.56 Å². The average Bonchev–Trinajstić information content (AvgIpc) is 2.40. The Bertz CT molecular complexity index is 497. The van der Waals surface area contributed by atoms with Crippen LogP contribution in [0, 0.1) is 6.07 Å². The Morgan fingerprint density at radius 1 is 1.24 bits per heavy atom. The summed E-state index contributed by atoms with van der Waals surface area (Å²) >= 11 is 0. The largest absolute Gasteiger partial charge is 0.497 e. The van der Waals surface area contributed by atoms with Crippen LogP contribution in [-0.4, -0.2) is 7.11 Å². The Hall–Kier alpha value is -2.02. The molecule has 0 saturated heterocycles. The Morgan fingerprint density at radius 2 is 2.00 bits per heavy atom. The van der Waals surface area contributed by atoms with Gasteiger partial charge in [0, 0.05) is 0 Å². The molecule has 0 fully saturated rings. The van der Waals surface area contributed by atoms with E-state index in [4.69, 9.17) is 4.74 Å². The van der Waals surface area contributed by atoms with Crippen LogP contribution in [0.3, 0.4) is 0 Å². The predicted molar refractivity (Wildman–Crippen MR) is 71.2 cm³/mol. The van der Waals surface area contributed by atoms with E-state index in [0.717, 1.165) is 23.3 Å². The second-order valence-corrected chi connectivity index (χ2v) is 3.83. The highest BCUT2D eigenvalue weighted by atomic mass is 16.5. The van der Waals surface area contributed by atoms with Gasteiger partial charge in [0.2, 0.25) is 0 Å². The van der Waals surface area contributed by atoms with Crippen LogP contribution in [0.5, 0.6) is 5.75 Å². The molecular weight excluding hydrogens is 208 g/mol. The highest BCUT2D eigenvalue weighted by molar-refractivity contribution is 5.64. The van der Waals surface area contributed by atoms with Crippen molar-refractivity contribution >= 4 is 0 Å². The second-order valence-electron chi connectivity index (χ2n) is 3.83. The molecule has 0 saturated carbocycles. The molecule has 0 aliphatic heterocycles. The van der Waals surface area contributed by atoms with Crippen LogP contribution in [0.15, 0.2) is 55.1 Å². The Balaban J connectivity index is 2.31. The van der Waals surface area contributed by atoms with Gasteiger partial charge in [-0.15, -0.1) is 6.58 Å². The highest BCUT2D eigenvalue weighted by Gasteiger charge is 1.99. The quantitative estimate of drug-likeness (QED) is 0.714. The molecule has 0 heterocycles. The van der Waals surface area contributed by atoms with E-state index in [2.05, 4.69) is 24.8 Å². The van der Waals surface area contributed by atoms with Gasteiger partial charge in [0.15, 0.2) is 0 Å². The van der Waals surface area contributed by atoms with Gasteiger partial charge in [-0.25, -0.2) is 0 Å². The first-order valence-corrected chi connectivity index (χ1v) is 5.59. The molecule has 0 unspecified atom stereocenters. The molecule has 2 rings (SSSR count). The molecule has 0 spiro atoms. The van der Waals surface area contributed by atoms with E-state index in [9.17, 15) is 0 Å². The average molecular weight is 223 g/mol. The molecule has 2 aromatic carbocycles. The minimum atomic E-state index is 0.871. The number of ether oxygens (including phenoxy) is 1. The van der Waals surface area contributed by atoms with Crippen molar-refractivity contribution in [3.8, 4) is 16.9 Å². The lowest BCUT2D eigenvalue weighted by Gasteiger charge is -2.05. The molecule has 0 amide bonds. The molecule has 1 radical (unpaired) electrons. The number of allylic oxidation sites excluding steroid dienone is 1. The fraction of sp³-hybridized carbons (Fsp3) is 0.125. The first kappa shape index (κ1) is 11.5. The lowest BCUT2D eigenvalue weighted by molar-refractivity contribution is 0.415. The van der Waals surface area contributed by atoms with Crippen LogP contribution in [0.1, 0.15) is 5.56 Å². The Morgan fingerprint density at radius 3 is 2.65 bits per heavy atom. The smallest absolute Gasteiger partial charge is 0.118 e. The van der Waals surface area contributed by atoms with Crippen molar-refractivity contribution in [2.75, 3.05) is 7.11 Å². The van der Waals surface area contributed by atoms with Crippen LogP contribution in [0.4, 0.5) is 0 Å². The molecule has 0 aliphatic rings. The maximum Gasteiger partial charge on any atom is 0.118 e. The van der Waals surface area contributed by atoms with E-state index < -0.39 is 0 Å². The molecule has 0 aliphatic carbocycles. The van der Waals surface area contributed by atoms with Crippen molar-refractivity contribution in [1.82, 2.24) is 0 Å². The van der Waals surface area contributed by atoms with Crippen LogP contribution in [-0.2, 0) is 6.42 Å². The summed E-state index contributed by atoms with van der Waals surface area (Å²) < 4.78 is 5.14. The van der Waals surface area contributed by atoms with Gasteiger partial charge in [0.05, 0.1) is 7.11 Å². The minimum absolute atomic E-state index is 0.871. The monoisotopic (exact) mass is 223 g/mol. The number of hydrogen-bond donors (Lipinski definition) is 0. The van der Waals surface area contributed by atoms with Gasteiger partial charge in [0.25, 0.3) is 0 Å². The van der Waals surface area contributed by atoms with Gasteiger partial charge in [-0.05, 0) is 41.3 Å². The molecule has 85 valence electrons. The fourth-order valence-corrected chi connectivity index (χ4v) is 1.74. The number of rotatable bonds is 4. The molecule has 1 nitrogen and oxygen atoms in total. The number of hydrogen-bond acceptors (Lipinski definition) is 1. The van der Waals surface area contributed by atoms with Crippen molar-refractivity contribution in [2.45, 2.75) is 6.42 Å². The number of methoxy groups -OCH3 is 1. The third-order valence-electron chi connectivity index (χ3n) is 2.65. The van der Waals surface area contributed by atoms with Crippen molar-refractivity contribution < 1.29 is 4.74 Å². The Kier molecular flexibility index (Phi) is 3.61. The summed E-state index contributed by atoms with van der Waals surface area (Å²) in [5.74, 6) is 0.871. The van der Waals surface area contributed by atoms with Gasteiger partial charge in [-0.3, -0.25) is 0 Å². The lowest BCUT2D eigenvalue weighted by atomic mass is 10.0. The van der Waals surface area contributed by atoms with Crippen molar-refractivity contribution in [3.63, 3.8) is 0 Å². The first-order chi connectivity index (χ1) is 8.33. The maximum absolute atomic E-state index is 5.14. The molecular formula is C16H15O. The third kappa shape index (κ3) is 2.76. The van der Waals surface area contributed by atoms with E-state index in [-0.39, 0.29) is 0 Å². The zero-order valence-corrected chi connectivity index (χ0v) is 9.94. The van der Waals surface area contributed by atoms with Gasteiger partial charge < -0.3 is 4.74 Å². The second kappa shape index (κ2) is 5.35. The van der Waals surface area contributed by atoms with Gasteiger partial charge in [-0.2, -0.15) is 0 Å². The third-order valence-corrected chi connectivity index (χ3v) is 2.65. The van der Waals surface area contributed by atoms with Crippen molar-refractivity contribution in [3.05, 3.63) is 66.7 Å². The van der Waals surface area contributed by atoms with E-state index in [1.54, 1.807) is 7.11 Å². The zero-order valence-electron chi connectivity index (χ0n) is 9.94. The summed E-state index contributed by atoms with van der Waals surface area (Å²) in [4.78, 5) is 0. The standard InChI is InChI=1S/C16H15O/c1-3-5-13-6-4-7-15(12-13)14-8-10-16(17-2)11-9-14/h3-4,6,8-12H,1,5H2,2H3. The minimum Gasteiger partial charge on any atom is -0.497 e. The summed E-state index contributed by atoms with van der Waals surface area (Å²) in [6, 6.07) is 17.4. The number of benzene rings is 2. The van der Waals surface area contributed by atoms with E-state index in [0.29, 0.717) is 0 Å². The topological polar surface area (TPSA) is 9.23 Å². The van der Waals surface area contributed by atoms with E-state index >= 15 is 0 Å². The highest BCUT2D eigenvalue weighted by Crippen LogP contribution is 2.22. The predicted octanol–water partition coefficient (Wildman–Crippen LogP) is 3.89. The summed E-state index contributed by atoms with van der Waals surface area (Å²) in [6.07, 6.45) is 2.80. The summed E-state index contributed by atoms with van der Waals surface area (Å²) in [7, 11) is 1.67. The van der Waals surface area contributed by atoms with Crippen LogP contribution < -0.4 is 4.74 Å². The SMILES string of the molecule is C=CCc1cc[c]c(-c2ccc(OC)cc2)c1. The molecule has 0 bridgehead atoms. The van der Waals surface area contributed by atoms with Crippen LogP contribution >= 0.6 is 0 Å². The van der Waals surface area contributed by atoms with Crippen LogP contribution in [0.2, 0.25) is 0 Å². The molecule has 17 heavy (non-hydrogen) atoms. The Labute approximate surface area is 102 Å². The van der Waals surface area contributed by atoms with Gasteiger partial charge in [-0.1, -0.05) is 36.4 Å². The van der Waals surface area contributed by atoms with Crippen LogP contribution in [0.25, 0.3) is 11.1 Å². The van der Waals surface area contributed by atoms with Crippen molar-refractivity contribution in [2.24, 2.45) is 0 Å². The zero-order chi connectivity index (χ0) is 12.1. The molecule has 0 aromatic heterocycles. The summed E-state index contributed by atoms with van der Waals surface area (Å²) in [5.41, 5.74) is 3.51. The van der Waals surface area contributed by atoms with Crippen molar-refractivity contribution in [1.29, 1.82) is 0 Å². The van der Waals surface area contributed by atoms with Gasteiger partial charge in [0.1, 0.15) is 5.75 Å². The van der Waals surface area contributed by atoms with Gasteiger partial charge >= 0.3 is 0 Å². The maximum atomic E-state index is 5.14. The molecule has 0 N–H and O–H groups in total. The molecule has 0 atom stereocenters. The molecule has 2 aromatic rings. The van der Waals surface area contributed by atoms with E-state index in [1.807, 2.05) is 36.4 Å².